The van der Waals surface area contributed by atoms with Crippen molar-refractivity contribution in [3.8, 4) is 11.5 Å². The van der Waals surface area contributed by atoms with Gasteiger partial charge in [0, 0.05) is 45.7 Å². The van der Waals surface area contributed by atoms with Crippen molar-refractivity contribution in [2.45, 2.75) is 32.6 Å². The van der Waals surface area contributed by atoms with Crippen LogP contribution in [0.15, 0.2) is 94.8 Å². The summed E-state index contributed by atoms with van der Waals surface area (Å²) in [6, 6.07) is 23.7. The van der Waals surface area contributed by atoms with Gasteiger partial charge in [0.15, 0.2) is 0 Å². The van der Waals surface area contributed by atoms with Crippen LogP contribution in [0.2, 0.25) is 0 Å². The maximum atomic E-state index is 10.3. The summed E-state index contributed by atoms with van der Waals surface area (Å²) in [6.07, 6.45) is 4.40. The van der Waals surface area contributed by atoms with Gasteiger partial charge in [0.2, 0.25) is 5.90 Å². The van der Waals surface area contributed by atoms with E-state index in [1.807, 2.05) is 49.4 Å². The summed E-state index contributed by atoms with van der Waals surface area (Å²) in [4.78, 5) is 2.30. The van der Waals surface area contributed by atoms with E-state index in [1.165, 1.54) is 11.1 Å². The average molecular weight is 543 g/mol. The monoisotopic (exact) mass is 542 g/mol. The van der Waals surface area contributed by atoms with Crippen molar-refractivity contribution in [2.75, 3.05) is 25.2 Å². The zero-order chi connectivity index (χ0) is 25.5. The number of hydrogen-bond acceptors (Lipinski definition) is 5. The molecule has 0 saturated heterocycles. The van der Waals surface area contributed by atoms with E-state index in [1.54, 1.807) is 25.5 Å². The fourth-order valence-corrected chi connectivity index (χ4v) is 4.84. The summed E-state index contributed by atoms with van der Waals surface area (Å²) in [7, 11) is 1.69. The van der Waals surface area contributed by atoms with E-state index in [-0.39, 0.29) is 28.1 Å². The number of ether oxygens (including phenoxy) is 2. The van der Waals surface area contributed by atoms with Crippen molar-refractivity contribution in [3.05, 3.63) is 101 Å². The number of benzene rings is 3. The summed E-state index contributed by atoms with van der Waals surface area (Å²) < 4.78 is 11.3. The third-order valence-corrected chi connectivity index (χ3v) is 6.51. The van der Waals surface area contributed by atoms with Crippen LogP contribution in [0, 0.1) is 0 Å². The van der Waals surface area contributed by atoms with E-state index in [9.17, 15) is 5.11 Å². The second kappa shape index (κ2) is 12.6. The number of aliphatic hydroxyl groups is 1. The average Bonchev–Trinajstić information content (AvgIpc) is 3.13. The quantitative estimate of drug-likeness (QED) is 0.196. The number of aliphatic hydroxyl groups excluding tert-OH is 1. The third kappa shape index (κ3) is 6.06. The molecule has 1 aliphatic rings. The van der Waals surface area contributed by atoms with Gasteiger partial charge in [-0.2, -0.15) is 5.10 Å². The Hall–Kier alpha value is -3.55. The Balaban J connectivity index is 0.00000380. The van der Waals surface area contributed by atoms with Crippen LogP contribution in [0.3, 0.4) is 0 Å². The predicted octanol–water partition coefficient (Wildman–Crippen LogP) is 6.31. The number of methoxy groups -OCH3 is 1. The summed E-state index contributed by atoms with van der Waals surface area (Å²) >= 11 is 0. The van der Waals surface area contributed by atoms with Gasteiger partial charge in [-0.25, -0.2) is 0 Å². The predicted molar refractivity (Wildman–Crippen MR) is 147 cm³/mol. The van der Waals surface area contributed by atoms with Crippen LogP contribution in [0.1, 0.15) is 37.5 Å². The Labute approximate surface area is 229 Å². The Morgan fingerprint density at radius 3 is 2.49 bits per heavy atom. The van der Waals surface area contributed by atoms with Crippen molar-refractivity contribution in [2.24, 2.45) is 10.2 Å². The molecule has 0 amide bonds. The van der Waals surface area contributed by atoms with Gasteiger partial charge in [-0.15, -0.1) is 5.10 Å². The first-order chi connectivity index (χ1) is 17.5. The first-order valence-corrected chi connectivity index (χ1v) is 12.2. The smallest absolute Gasteiger partial charge is 0.238 e. The van der Waals surface area contributed by atoms with E-state index >= 15 is 0 Å². The molecule has 0 bridgehead atoms. The van der Waals surface area contributed by atoms with Crippen molar-refractivity contribution in [3.63, 3.8) is 0 Å². The molecule has 4 rings (SSSR count). The summed E-state index contributed by atoms with van der Waals surface area (Å²) in [5.41, 5.74) is 4.91. The zero-order valence-electron chi connectivity index (χ0n) is 21.6. The minimum Gasteiger partial charge on any atom is -0.497 e. The minimum absolute atomic E-state index is 0. The van der Waals surface area contributed by atoms with E-state index in [0.29, 0.717) is 12.2 Å². The summed E-state index contributed by atoms with van der Waals surface area (Å²) in [5, 5.41) is 18.4. The Morgan fingerprint density at radius 1 is 1.00 bits per heavy atom. The van der Waals surface area contributed by atoms with Crippen LogP contribution in [0.4, 0.5) is 5.69 Å². The molecular formula is C30H33CoN3O3. The summed E-state index contributed by atoms with van der Waals surface area (Å²) in [5.74, 6) is 1.58. The molecule has 1 aliphatic heterocycles. The molecule has 1 unspecified atom stereocenters. The van der Waals surface area contributed by atoms with E-state index < -0.39 is 0 Å². The Morgan fingerprint density at radius 2 is 1.78 bits per heavy atom. The fraction of sp³-hybridized carbons (Fsp3) is 0.267. The van der Waals surface area contributed by atoms with Gasteiger partial charge >= 0.3 is 0 Å². The van der Waals surface area contributed by atoms with Gasteiger partial charge < -0.3 is 19.5 Å². The molecule has 1 radical (unpaired) electrons. The van der Waals surface area contributed by atoms with Crippen LogP contribution in [-0.2, 0) is 28.6 Å². The van der Waals surface area contributed by atoms with Crippen LogP contribution in [0.5, 0.6) is 11.5 Å². The second-order valence-electron chi connectivity index (χ2n) is 8.82. The van der Waals surface area contributed by atoms with Gasteiger partial charge in [0.1, 0.15) is 11.5 Å². The maximum absolute atomic E-state index is 10.3. The number of nitrogens with zero attached hydrogens (tertiary/aromatic N) is 3. The number of allylic oxidation sites excluding steroid dienone is 2. The number of rotatable bonds is 9. The first-order valence-electron chi connectivity index (χ1n) is 12.2. The van der Waals surface area contributed by atoms with Crippen molar-refractivity contribution >= 4 is 17.8 Å². The molecule has 7 heteroatoms. The number of likely N-dealkylation sites (N-methyl/N-ethyl adjacent to an activating group) is 1. The number of hydrogen-bond donors (Lipinski definition) is 1. The molecule has 3 aromatic rings. The van der Waals surface area contributed by atoms with Gasteiger partial charge in [-0.3, -0.25) is 0 Å². The molecule has 37 heavy (non-hydrogen) atoms. The van der Waals surface area contributed by atoms with Crippen LogP contribution in [-0.4, -0.2) is 37.5 Å². The second-order valence-corrected chi connectivity index (χ2v) is 8.82. The third-order valence-electron chi connectivity index (χ3n) is 6.51. The number of fused-ring (bicyclic) bond motifs is 1. The van der Waals surface area contributed by atoms with Crippen LogP contribution in [0.25, 0.3) is 0 Å². The Bertz CT molecular complexity index is 1290. The van der Waals surface area contributed by atoms with Crippen molar-refractivity contribution in [1.82, 2.24) is 0 Å². The van der Waals surface area contributed by atoms with Crippen LogP contribution < -0.4 is 14.4 Å². The van der Waals surface area contributed by atoms with E-state index in [4.69, 9.17) is 9.47 Å². The molecule has 0 saturated carbocycles. The fourth-order valence-electron chi connectivity index (χ4n) is 4.84. The zero-order valence-corrected chi connectivity index (χ0v) is 22.7. The normalized spacial score (nSPS) is 18.1. The largest absolute Gasteiger partial charge is 0.497 e. The van der Waals surface area contributed by atoms with Gasteiger partial charge in [-0.1, -0.05) is 30.3 Å². The van der Waals surface area contributed by atoms with Crippen molar-refractivity contribution < 1.29 is 31.4 Å². The molecule has 0 aromatic heterocycles. The molecular weight excluding hydrogens is 509 g/mol. The SMILES string of the molecule is CCOc1cccc(CC2(C)/C(=C/C=N/N=C(\O)c3ccccc3)N(CC)c3ccc(OC)cc32)c1.[Co]. The molecule has 3 aromatic carbocycles. The Kier molecular flexibility index (Phi) is 9.55. The maximum Gasteiger partial charge on any atom is 0.238 e. The standard InChI is InChI=1S/C30H33N3O3.Co/c1-5-33-27-16-15-24(35-4)20-26(27)30(3,21-22-11-10-14-25(19-22)36-6-2)28(33)17-18-31-32-29(34)23-12-8-7-9-13-23;/h7-20H,5-6,21H2,1-4H3,(H,32,34);/b28-17-,31-18+;. The topological polar surface area (TPSA) is 66.7 Å². The van der Waals surface area contributed by atoms with Crippen molar-refractivity contribution in [1.29, 1.82) is 0 Å². The summed E-state index contributed by atoms with van der Waals surface area (Å²) in [6.45, 7) is 7.80. The van der Waals surface area contributed by atoms with E-state index in [2.05, 4.69) is 53.2 Å². The van der Waals surface area contributed by atoms with Crippen LogP contribution >= 0.6 is 0 Å². The number of anilines is 1. The molecule has 195 valence electrons. The molecule has 0 aliphatic carbocycles. The first kappa shape index (κ1) is 28.0. The molecule has 0 fully saturated rings. The molecule has 6 nitrogen and oxygen atoms in total. The van der Waals surface area contributed by atoms with Gasteiger partial charge in [0.25, 0.3) is 0 Å². The molecule has 1 heterocycles. The van der Waals surface area contributed by atoms with Gasteiger partial charge in [-0.05, 0) is 86.9 Å². The van der Waals surface area contributed by atoms with E-state index in [0.717, 1.165) is 35.8 Å². The molecule has 1 N–H and O–H groups in total. The molecule has 1 atom stereocenters. The minimum atomic E-state index is -0.345. The molecule has 0 spiro atoms. The van der Waals surface area contributed by atoms with Gasteiger partial charge in [0.05, 0.1) is 19.9 Å².